The van der Waals surface area contributed by atoms with Crippen LogP contribution in [-0.2, 0) is 0 Å². The van der Waals surface area contributed by atoms with Gasteiger partial charge in [0.05, 0.1) is 0 Å². The van der Waals surface area contributed by atoms with E-state index in [-0.39, 0.29) is 11.9 Å². The molecule has 1 aliphatic rings. The molecule has 1 aromatic rings. The average molecular weight is 222 g/mol. The summed E-state index contributed by atoms with van der Waals surface area (Å²) in [4.78, 5) is 11.8. The summed E-state index contributed by atoms with van der Waals surface area (Å²) in [6, 6.07) is 1.97. The second-order valence-corrected chi connectivity index (χ2v) is 4.44. The molecule has 1 amide bonds. The third kappa shape index (κ3) is 2.24. The molecule has 4 N–H and O–H groups in total. The molecule has 1 saturated carbocycles. The van der Waals surface area contributed by atoms with Gasteiger partial charge in [-0.1, -0.05) is 6.42 Å². The molecule has 1 aliphatic carbocycles. The van der Waals surface area contributed by atoms with Crippen LogP contribution in [0, 0.1) is 12.8 Å². The first-order valence-electron chi connectivity index (χ1n) is 5.73. The number of carbonyl (C=O) groups is 1. The molecule has 2 unspecified atom stereocenters. The Bertz CT molecular complexity index is 374. The average Bonchev–Trinajstić information content (AvgIpc) is 2.86. The van der Waals surface area contributed by atoms with Crippen molar-refractivity contribution in [3.8, 4) is 0 Å². The minimum Gasteiger partial charge on any atom is -0.348 e. The van der Waals surface area contributed by atoms with Gasteiger partial charge in [-0.3, -0.25) is 9.89 Å². The van der Waals surface area contributed by atoms with Crippen LogP contribution in [0.5, 0.6) is 0 Å². The van der Waals surface area contributed by atoms with Gasteiger partial charge in [-0.15, -0.1) is 0 Å². The predicted molar refractivity (Wildman–Crippen MR) is 61.0 cm³/mol. The number of H-pyrrole nitrogens is 1. The third-order valence-electron chi connectivity index (χ3n) is 3.22. The van der Waals surface area contributed by atoms with E-state index in [4.69, 9.17) is 5.73 Å². The summed E-state index contributed by atoms with van der Waals surface area (Å²) in [7, 11) is 0. The first kappa shape index (κ1) is 11.1. The second kappa shape index (κ2) is 4.65. The van der Waals surface area contributed by atoms with E-state index in [1.165, 1.54) is 0 Å². The zero-order valence-corrected chi connectivity index (χ0v) is 9.49. The summed E-state index contributed by atoms with van der Waals surface area (Å²) >= 11 is 0. The highest BCUT2D eigenvalue weighted by molar-refractivity contribution is 5.92. The number of amides is 1. The van der Waals surface area contributed by atoms with E-state index < -0.39 is 0 Å². The number of aromatic nitrogens is 2. The van der Waals surface area contributed by atoms with E-state index >= 15 is 0 Å². The molecule has 5 heteroatoms. The maximum absolute atomic E-state index is 11.8. The molecule has 0 bridgehead atoms. The topological polar surface area (TPSA) is 83.8 Å². The Hall–Kier alpha value is -1.36. The number of nitrogens with two attached hydrogens (primary N) is 1. The van der Waals surface area contributed by atoms with Crippen LogP contribution >= 0.6 is 0 Å². The van der Waals surface area contributed by atoms with Crippen molar-refractivity contribution in [1.29, 1.82) is 0 Å². The molecule has 16 heavy (non-hydrogen) atoms. The first-order chi connectivity index (χ1) is 7.70. The van der Waals surface area contributed by atoms with Crippen molar-refractivity contribution in [3.63, 3.8) is 0 Å². The van der Waals surface area contributed by atoms with Gasteiger partial charge in [-0.2, -0.15) is 5.10 Å². The van der Waals surface area contributed by atoms with Crippen molar-refractivity contribution in [2.75, 3.05) is 6.54 Å². The van der Waals surface area contributed by atoms with Crippen molar-refractivity contribution < 1.29 is 4.79 Å². The van der Waals surface area contributed by atoms with Crippen molar-refractivity contribution in [2.45, 2.75) is 32.2 Å². The first-order valence-corrected chi connectivity index (χ1v) is 5.73. The maximum Gasteiger partial charge on any atom is 0.272 e. The third-order valence-corrected chi connectivity index (χ3v) is 3.22. The van der Waals surface area contributed by atoms with Gasteiger partial charge in [-0.05, 0) is 38.3 Å². The van der Waals surface area contributed by atoms with Crippen molar-refractivity contribution in [1.82, 2.24) is 15.5 Å². The summed E-state index contributed by atoms with van der Waals surface area (Å²) in [6.45, 7) is 2.52. The van der Waals surface area contributed by atoms with Gasteiger partial charge < -0.3 is 11.1 Å². The molecule has 2 atom stereocenters. The Labute approximate surface area is 94.8 Å². The van der Waals surface area contributed by atoms with Crippen LogP contribution in [0.25, 0.3) is 0 Å². The minimum atomic E-state index is -0.102. The molecule has 0 aliphatic heterocycles. The van der Waals surface area contributed by atoms with Crippen LogP contribution in [0.1, 0.15) is 35.4 Å². The molecule has 2 rings (SSSR count). The molecule has 1 fully saturated rings. The number of hydrogen-bond donors (Lipinski definition) is 3. The van der Waals surface area contributed by atoms with Gasteiger partial charge in [-0.25, -0.2) is 0 Å². The van der Waals surface area contributed by atoms with Crippen LogP contribution < -0.4 is 11.1 Å². The van der Waals surface area contributed by atoms with Gasteiger partial charge in [0.15, 0.2) is 0 Å². The standard InChI is InChI=1S/C11H18N4O/c1-7-5-10(15-14-7)11(16)13-9-4-2-3-8(9)6-12/h5,8-9H,2-4,6,12H2,1H3,(H,13,16)(H,14,15). The number of carbonyl (C=O) groups excluding carboxylic acids is 1. The lowest BCUT2D eigenvalue weighted by Crippen LogP contribution is -2.40. The fourth-order valence-corrected chi connectivity index (χ4v) is 2.29. The fourth-order valence-electron chi connectivity index (χ4n) is 2.29. The molecule has 0 aromatic carbocycles. The quantitative estimate of drug-likeness (QED) is 0.699. The predicted octanol–water partition coefficient (Wildman–Crippen LogP) is 0.575. The Morgan fingerprint density at radius 3 is 3.12 bits per heavy atom. The fraction of sp³-hybridized carbons (Fsp3) is 0.636. The van der Waals surface area contributed by atoms with E-state index in [9.17, 15) is 4.79 Å². The lowest BCUT2D eigenvalue weighted by molar-refractivity contribution is 0.0923. The van der Waals surface area contributed by atoms with Gasteiger partial charge >= 0.3 is 0 Å². The number of nitrogens with one attached hydrogen (secondary N) is 2. The Morgan fingerprint density at radius 1 is 1.69 bits per heavy atom. The highest BCUT2D eigenvalue weighted by atomic mass is 16.2. The molecule has 0 radical (unpaired) electrons. The number of nitrogens with zero attached hydrogens (tertiary/aromatic N) is 1. The highest BCUT2D eigenvalue weighted by Crippen LogP contribution is 2.24. The molecule has 0 spiro atoms. The van der Waals surface area contributed by atoms with Crippen LogP contribution in [0.3, 0.4) is 0 Å². The normalized spacial score (nSPS) is 24.6. The van der Waals surface area contributed by atoms with Gasteiger partial charge in [0, 0.05) is 11.7 Å². The van der Waals surface area contributed by atoms with Crippen LogP contribution in [-0.4, -0.2) is 28.7 Å². The second-order valence-electron chi connectivity index (χ2n) is 4.44. The van der Waals surface area contributed by atoms with E-state index in [1.54, 1.807) is 6.07 Å². The molecule has 0 saturated heterocycles. The molecule has 1 aromatic heterocycles. The van der Waals surface area contributed by atoms with Gasteiger partial charge in [0.25, 0.3) is 5.91 Å². The van der Waals surface area contributed by atoms with E-state index in [0.717, 1.165) is 25.0 Å². The summed E-state index contributed by atoms with van der Waals surface area (Å²) < 4.78 is 0. The van der Waals surface area contributed by atoms with Gasteiger partial charge in [0.1, 0.15) is 5.69 Å². The lowest BCUT2D eigenvalue weighted by Gasteiger charge is -2.18. The van der Waals surface area contributed by atoms with Gasteiger partial charge in [0.2, 0.25) is 0 Å². The number of aromatic amines is 1. The summed E-state index contributed by atoms with van der Waals surface area (Å²) in [5.41, 5.74) is 7.02. The molecule has 1 heterocycles. The SMILES string of the molecule is Cc1cc(C(=O)NC2CCCC2CN)n[nH]1. The summed E-state index contributed by atoms with van der Waals surface area (Å²) in [5, 5.41) is 9.71. The summed E-state index contributed by atoms with van der Waals surface area (Å²) in [5.74, 6) is 0.318. The molecule has 88 valence electrons. The van der Waals surface area contributed by atoms with E-state index in [0.29, 0.717) is 18.2 Å². The Balaban J connectivity index is 1.97. The Morgan fingerprint density at radius 2 is 2.50 bits per heavy atom. The molecule has 5 nitrogen and oxygen atoms in total. The molecular formula is C11H18N4O. The summed E-state index contributed by atoms with van der Waals surface area (Å²) in [6.07, 6.45) is 3.28. The minimum absolute atomic E-state index is 0.102. The van der Waals surface area contributed by atoms with Crippen molar-refractivity contribution in [3.05, 3.63) is 17.5 Å². The highest BCUT2D eigenvalue weighted by Gasteiger charge is 2.27. The number of rotatable bonds is 3. The Kier molecular flexibility index (Phi) is 3.24. The lowest BCUT2D eigenvalue weighted by atomic mass is 10.0. The largest absolute Gasteiger partial charge is 0.348 e. The van der Waals surface area contributed by atoms with E-state index in [1.807, 2.05) is 6.92 Å². The number of hydrogen-bond acceptors (Lipinski definition) is 3. The van der Waals surface area contributed by atoms with Crippen LogP contribution in [0.15, 0.2) is 6.07 Å². The van der Waals surface area contributed by atoms with Crippen molar-refractivity contribution in [2.24, 2.45) is 11.7 Å². The molecular weight excluding hydrogens is 204 g/mol. The zero-order valence-electron chi connectivity index (χ0n) is 9.49. The smallest absolute Gasteiger partial charge is 0.272 e. The van der Waals surface area contributed by atoms with Crippen molar-refractivity contribution >= 4 is 5.91 Å². The van der Waals surface area contributed by atoms with E-state index in [2.05, 4.69) is 15.5 Å². The maximum atomic E-state index is 11.8. The monoisotopic (exact) mass is 222 g/mol. The zero-order chi connectivity index (χ0) is 11.5. The van der Waals surface area contributed by atoms with Crippen LogP contribution in [0.4, 0.5) is 0 Å². The van der Waals surface area contributed by atoms with Crippen LogP contribution in [0.2, 0.25) is 0 Å². The number of aryl methyl sites for hydroxylation is 1.